The van der Waals surface area contributed by atoms with Gasteiger partial charge >= 0.3 is 0 Å². The molecule has 0 atom stereocenters. The fourth-order valence-corrected chi connectivity index (χ4v) is 3.11. The zero-order chi connectivity index (χ0) is 18.9. The van der Waals surface area contributed by atoms with Crippen LogP contribution in [0, 0.1) is 12.7 Å². The lowest BCUT2D eigenvalue weighted by molar-refractivity contribution is -0.123. The van der Waals surface area contributed by atoms with Gasteiger partial charge in [-0.3, -0.25) is 9.59 Å². The zero-order valence-corrected chi connectivity index (χ0v) is 15.4. The van der Waals surface area contributed by atoms with Crippen molar-refractivity contribution in [3.05, 3.63) is 69.6 Å². The molecule has 0 saturated carbocycles. The fraction of sp³-hybridized carbons (Fsp3) is 0.211. The van der Waals surface area contributed by atoms with E-state index < -0.39 is 17.3 Å². The smallest absolute Gasteiger partial charge is 0.267 e. The Kier molecular flexibility index (Phi) is 4.73. The molecule has 134 valence electrons. The van der Waals surface area contributed by atoms with Gasteiger partial charge in [-0.15, -0.1) is 11.3 Å². The molecule has 7 heteroatoms. The highest BCUT2D eigenvalue weighted by molar-refractivity contribution is 7.13. The fourth-order valence-electron chi connectivity index (χ4n) is 2.42. The average molecular weight is 371 g/mol. The predicted molar refractivity (Wildman–Crippen MR) is 101 cm³/mol. The molecule has 2 aromatic heterocycles. The monoisotopic (exact) mass is 371 g/mol. The van der Waals surface area contributed by atoms with E-state index in [0.29, 0.717) is 16.9 Å². The number of hydrogen-bond donors (Lipinski definition) is 1. The Morgan fingerprint density at radius 2 is 2.00 bits per heavy atom. The largest absolute Gasteiger partial charge is 0.324 e. The van der Waals surface area contributed by atoms with E-state index in [1.165, 1.54) is 23.5 Å². The van der Waals surface area contributed by atoms with Crippen molar-refractivity contribution in [1.82, 2.24) is 9.78 Å². The van der Waals surface area contributed by atoms with Crippen molar-refractivity contribution in [2.45, 2.75) is 26.3 Å². The molecule has 0 radical (unpaired) electrons. The molecule has 0 saturated heterocycles. The Hall–Kier alpha value is -2.80. The second-order valence-corrected chi connectivity index (χ2v) is 7.37. The van der Waals surface area contributed by atoms with Crippen molar-refractivity contribution in [2.75, 3.05) is 5.32 Å². The summed E-state index contributed by atoms with van der Waals surface area (Å²) in [4.78, 5) is 26.0. The normalized spacial score (nSPS) is 11.4. The van der Waals surface area contributed by atoms with Gasteiger partial charge < -0.3 is 5.32 Å². The van der Waals surface area contributed by atoms with Gasteiger partial charge in [0.2, 0.25) is 0 Å². The third-order valence-corrected chi connectivity index (χ3v) is 4.98. The van der Waals surface area contributed by atoms with Crippen molar-refractivity contribution in [3.8, 4) is 10.6 Å². The van der Waals surface area contributed by atoms with E-state index in [4.69, 9.17) is 0 Å². The minimum Gasteiger partial charge on any atom is -0.324 e. The minimum absolute atomic E-state index is 0.327. The number of aryl methyl sites for hydroxylation is 1. The van der Waals surface area contributed by atoms with Gasteiger partial charge in [0, 0.05) is 11.8 Å². The molecule has 1 aromatic carbocycles. The third kappa shape index (κ3) is 3.43. The third-order valence-electron chi connectivity index (χ3n) is 4.09. The number of aromatic nitrogens is 2. The van der Waals surface area contributed by atoms with Crippen LogP contribution in [0.3, 0.4) is 0 Å². The van der Waals surface area contributed by atoms with Gasteiger partial charge in [-0.2, -0.15) is 5.10 Å². The quantitative estimate of drug-likeness (QED) is 0.759. The van der Waals surface area contributed by atoms with Crippen molar-refractivity contribution in [2.24, 2.45) is 0 Å². The summed E-state index contributed by atoms with van der Waals surface area (Å²) in [7, 11) is 0. The Bertz CT molecular complexity index is 1010. The molecular formula is C19H18FN3O2S. The molecule has 0 spiro atoms. The lowest BCUT2D eigenvalue weighted by Crippen LogP contribution is -2.47. The number of benzene rings is 1. The van der Waals surface area contributed by atoms with Gasteiger partial charge in [-0.1, -0.05) is 12.1 Å². The molecule has 5 nitrogen and oxygen atoms in total. The Morgan fingerprint density at radius 3 is 2.65 bits per heavy atom. The first-order valence-corrected chi connectivity index (χ1v) is 8.89. The molecule has 1 amide bonds. The summed E-state index contributed by atoms with van der Waals surface area (Å²) >= 11 is 1.50. The van der Waals surface area contributed by atoms with Crippen LogP contribution in [-0.2, 0) is 10.3 Å². The standard InChI is InChI=1S/C19H18FN3O2S/c1-12-6-7-13(11-14(12)20)21-18(25)19(2,3)23-17(24)9-8-15(22-23)16-5-4-10-26-16/h4-11H,1-3H3,(H,21,25). The lowest BCUT2D eigenvalue weighted by atomic mass is 10.0. The van der Waals surface area contributed by atoms with Gasteiger partial charge in [-0.25, -0.2) is 9.07 Å². The summed E-state index contributed by atoms with van der Waals surface area (Å²) < 4.78 is 14.9. The summed E-state index contributed by atoms with van der Waals surface area (Å²) in [5.41, 5.74) is -0.217. The molecule has 26 heavy (non-hydrogen) atoms. The van der Waals surface area contributed by atoms with Crippen LogP contribution >= 0.6 is 11.3 Å². The van der Waals surface area contributed by atoms with E-state index in [2.05, 4.69) is 10.4 Å². The Labute approximate surface area is 154 Å². The molecule has 0 bridgehead atoms. The number of carbonyl (C=O) groups is 1. The van der Waals surface area contributed by atoms with Crippen molar-refractivity contribution in [3.63, 3.8) is 0 Å². The molecule has 3 aromatic rings. The van der Waals surface area contributed by atoms with E-state index in [9.17, 15) is 14.0 Å². The molecular weight excluding hydrogens is 353 g/mol. The van der Waals surface area contributed by atoms with Crippen LogP contribution < -0.4 is 10.9 Å². The summed E-state index contributed by atoms with van der Waals surface area (Å²) in [6.45, 7) is 4.84. The van der Waals surface area contributed by atoms with Crippen LogP contribution in [0.1, 0.15) is 19.4 Å². The van der Waals surface area contributed by atoms with Crippen LogP contribution in [0.2, 0.25) is 0 Å². The maximum Gasteiger partial charge on any atom is 0.267 e. The zero-order valence-electron chi connectivity index (χ0n) is 14.6. The predicted octanol–water partition coefficient (Wildman–Crippen LogP) is 3.79. The van der Waals surface area contributed by atoms with Gasteiger partial charge in [0.25, 0.3) is 11.5 Å². The number of hydrogen-bond acceptors (Lipinski definition) is 4. The number of anilines is 1. The van der Waals surface area contributed by atoms with E-state index in [1.54, 1.807) is 39.0 Å². The molecule has 1 N–H and O–H groups in total. The first-order chi connectivity index (χ1) is 12.3. The maximum atomic E-state index is 13.7. The van der Waals surface area contributed by atoms with Crippen LogP contribution in [0.15, 0.2) is 52.6 Å². The van der Waals surface area contributed by atoms with Crippen LogP contribution in [-0.4, -0.2) is 15.7 Å². The number of halogens is 1. The molecule has 0 aliphatic carbocycles. The molecule has 3 rings (SSSR count). The van der Waals surface area contributed by atoms with E-state index >= 15 is 0 Å². The maximum absolute atomic E-state index is 13.7. The van der Waals surface area contributed by atoms with Gasteiger partial charge in [0.05, 0.1) is 4.88 Å². The SMILES string of the molecule is Cc1ccc(NC(=O)C(C)(C)n2nc(-c3cccs3)ccc2=O)cc1F. The van der Waals surface area contributed by atoms with E-state index in [1.807, 2.05) is 17.5 Å². The van der Waals surface area contributed by atoms with Crippen LogP contribution in [0.5, 0.6) is 0 Å². The minimum atomic E-state index is -1.26. The summed E-state index contributed by atoms with van der Waals surface area (Å²) in [6.07, 6.45) is 0. The number of nitrogens with one attached hydrogen (secondary N) is 1. The molecule has 0 aliphatic heterocycles. The van der Waals surface area contributed by atoms with Crippen LogP contribution in [0.4, 0.5) is 10.1 Å². The van der Waals surface area contributed by atoms with Crippen molar-refractivity contribution in [1.29, 1.82) is 0 Å². The number of carbonyl (C=O) groups excluding carboxylic acids is 1. The molecule has 0 aliphatic rings. The molecule has 0 unspecified atom stereocenters. The first-order valence-electron chi connectivity index (χ1n) is 8.01. The summed E-state index contributed by atoms with van der Waals surface area (Å²) in [5, 5.41) is 8.93. The Morgan fingerprint density at radius 1 is 1.23 bits per heavy atom. The number of amides is 1. The summed E-state index contributed by atoms with van der Waals surface area (Å²) in [5.74, 6) is -0.866. The van der Waals surface area contributed by atoms with Crippen LogP contribution in [0.25, 0.3) is 10.6 Å². The van der Waals surface area contributed by atoms with E-state index in [-0.39, 0.29) is 5.56 Å². The van der Waals surface area contributed by atoms with Gasteiger partial charge in [-0.05, 0) is 56.0 Å². The highest BCUT2D eigenvalue weighted by atomic mass is 32.1. The van der Waals surface area contributed by atoms with Gasteiger partial charge in [0.1, 0.15) is 17.1 Å². The first kappa shape index (κ1) is 18.0. The van der Waals surface area contributed by atoms with Crippen molar-refractivity contribution >= 4 is 22.9 Å². The lowest BCUT2D eigenvalue weighted by Gasteiger charge is -2.25. The molecule has 2 heterocycles. The van der Waals surface area contributed by atoms with Gasteiger partial charge in [0.15, 0.2) is 0 Å². The Balaban J connectivity index is 1.93. The number of thiophene rings is 1. The highest BCUT2D eigenvalue weighted by Gasteiger charge is 2.32. The van der Waals surface area contributed by atoms with Crippen molar-refractivity contribution < 1.29 is 9.18 Å². The number of nitrogens with zero attached hydrogens (tertiary/aromatic N) is 2. The summed E-state index contributed by atoms with van der Waals surface area (Å²) in [6, 6.07) is 11.3. The second-order valence-electron chi connectivity index (χ2n) is 6.42. The highest BCUT2D eigenvalue weighted by Crippen LogP contribution is 2.23. The second kappa shape index (κ2) is 6.84. The van der Waals surface area contributed by atoms with E-state index in [0.717, 1.165) is 9.56 Å². The topological polar surface area (TPSA) is 64.0 Å². The average Bonchev–Trinajstić information content (AvgIpc) is 3.13. The number of rotatable bonds is 4. The molecule has 0 fully saturated rings.